The molecule has 0 bridgehead atoms. The van der Waals surface area contributed by atoms with Crippen LogP contribution in [0.2, 0.25) is 0 Å². The van der Waals surface area contributed by atoms with E-state index in [0.29, 0.717) is 31.5 Å². The number of benzene rings is 2. The van der Waals surface area contributed by atoms with Gasteiger partial charge in [0.25, 0.3) is 5.91 Å². The number of nitrogens with one attached hydrogen (secondary N) is 1. The highest BCUT2D eigenvalue weighted by Crippen LogP contribution is 2.23. The normalized spacial score (nSPS) is 17.2. The molecule has 0 spiro atoms. The number of carboxylic acid groups (broad SMARTS) is 1. The first-order valence-corrected chi connectivity index (χ1v) is 14.1. The van der Waals surface area contributed by atoms with Crippen molar-refractivity contribution in [2.24, 2.45) is 5.92 Å². The summed E-state index contributed by atoms with van der Waals surface area (Å²) >= 11 is 0. The van der Waals surface area contributed by atoms with Gasteiger partial charge in [-0.15, -0.1) is 0 Å². The Morgan fingerprint density at radius 1 is 0.951 bits per heavy atom. The molecule has 218 valence electrons. The van der Waals surface area contributed by atoms with E-state index in [-0.39, 0.29) is 5.92 Å². The number of morpholine rings is 1. The third kappa shape index (κ3) is 9.07. The maximum atomic E-state index is 12.9. The molecule has 2 aliphatic heterocycles. The maximum absolute atomic E-state index is 12.9. The van der Waals surface area contributed by atoms with Crippen LogP contribution in [0.15, 0.2) is 48.5 Å². The lowest BCUT2D eigenvalue weighted by Gasteiger charge is -2.35. The van der Waals surface area contributed by atoms with Crippen LogP contribution in [0.5, 0.6) is 0 Å². The number of ether oxygens (including phenoxy) is 2. The van der Waals surface area contributed by atoms with Crippen molar-refractivity contribution in [1.82, 2.24) is 15.1 Å². The second-order valence-electron chi connectivity index (χ2n) is 11.5. The number of nitrogens with zero attached hydrogens (tertiary/aromatic N) is 2. The number of likely N-dealkylation sites (tertiary alicyclic amines) is 1. The summed E-state index contributed by atoms with van der Waals surface area (Å²) in [6.45, 7) is 10.5. The zero-order valence-electron chi connectivity index (χ0n) is 24.0. The quantitative estimate of drug-likeness (QED) is 0.517. The highest BCUT2D eigenvalue weighted by molar-refractivity contribution is 5.96. The summed E-state index contributed by atoms with van der Waals surface area (Å²) in [5, 5.41) is 12.5. The van der Waals surface area contributed by atoms with E-state index < -0.39 is 29.6 Å². The van der Waals surface area contributed by atoms with Gasteiger partial charge in [0.2, 0.25) is 0 Å². The number of aliphatic carboxylic acids is 1. The van der Waals surface area contributed by atoms with E-state index >= 15 is 0 Å². The van der Waals surface area contributed by atoms with Gasteiger partial charge in [0, 0.05) is 49.4 Å². The van der Waals surface area contributed by atoms with Crippen LogP contribution in [-0.4, -0.2) is 83.9 Å². The minimum Gasteiger partial charge on any atom is -0.480 e. The zero-order valence-corrected chi connectivity index (χ0v) is 24.0. The first kappa shape index (κ1) is 30.1. The summed E-state index contributed by atoms with van der Waals surface area (Å²) < 4.78 is 10.8. The van der Waals surface area contributed by atoms with Gasteiger partial charge < -0.3 is 24.8 Å². The predicted molar refractivity (Wildman–Crippen MR) is 154 cm³/mol. The molecule has 1 atom stereocenters. The highest BCUT2D eigenvalue weighted by atomic mass is 16.6. The molecule has 9 nitrogen and oxygen atoms in total. The average molecular weight is 562 g/mol. The third-order valence-electron chi connectivity index (χ3n) is 7.18. The topological polar surface area (TPSA) is 108 Å². The predicted octanol–water partition coefficient (Wildman–Crippen LogP) is 3.75. The van der Waals surface area contributed by atoms with Gasteiger partial charge in [0.05, 0.1) is 13.2 Å². The van der Waals surface area contributed by atoms with Crippen LogP contribution in [0.4, 0.5) is 4.79 Å². The van der Waals surface area contributed by atoms with Gasteiger partial charge in [0.1, 0.15) is 11.6 Å². The SMILES string of the molecule is CC(C)(C)OC(=O)N1CCC([C@H](NC(=O)c2ccc(C#Cc3ccc(CN4CCOCC4)cc3)cc2)C(=O)O)CC1. The molecule has 2 saturated heterocycles. The highest BCUT2D eigenvalue weighted by Gasteiger charge is 2.35. The van der Waals surface area contributed by atoms with Crippen LogP contribution in [-0.2, 0) is 20.8 Å². The molecule has 2 aromatic rings. The Hall–Kier alpha value is -3.87. The molecule has 2 aliphatic rings. The summed E-state index contributed by atoms with van der Waals surface area (Å²) in [7, 11) is 0. The van der Waals surface area contributed by atoms with E-state index in [9.17, 15) is 19.5 Å². The van der Waals surface area contributed by atoms with Crippen molar-refractivity contribution in [2.75, 3.05) is 39.4 Å². The molecule has 0 unspecified atom stereocenters. The Bertz CT molecular complexity index is 1260. The van der Waals surface area contributed by atoms with Crippen molar-refractivity contribution < 1.29 is 29.0 Å². The number of rotatable bonds is 6. The van der Waals surface area contributed by atoms with E-state index in [2.05, 4.69) is 34.2 Å². The lowest BCUT2D eigenvalue weighted by Crippen LogP contribution is -2.50. The molecule has 41 heavy (non-hydrogen) atoms. The summed E-state index contributed by atoms with van der Waals surface area (Å²) in [6.07, 6.45) is 0.508. The van der Waals surface area contributed by atoms with Crippen LogP contribution in [0.3, 0.4) is 0 Å². The van der Waals surface area contributed by atoms with Gasteiger partial charge in [0.15, 0.2) is 0 Å². The van der Waals surface area contributed by atoms with E-state index in [0.717, 1.165) is 44.0 Å². The van der Waals surface area contributed by atoms with E-state index in [1.807, 2.05) is 12.1 Å². The number of hydrogen-bond acceptors (Lipinski definition) is 6. The summed E-state index contributed by atoms with van der Waals surface area (Å²) in [6, 6.07) is 14.0. The molecule has 2 amide bonds. The van der Waals surface area contributed by atoms with Gasteiger partial charge >= 0.3 is 12.1 Å². The van der Waals surface area contributed by atoms with Crippen molar-refractivity contribution >= 4 is 18.0 Å². The third-order valence-corrected chi connectivity index (χ3v) is 7.18. The molecule has 2 N–H and O–H groups in total. The van der Waals surface area contributed by atoms with E-state index in [1.54, 1.807) is 49.9 Å². The zero-order chi connectivity index (χ0) is 29.4. The Morgan fingerprint density at radius 2 is 1.51 bits per heavy atom. The molecule has 0 saturated carbocycles. The number of hydrogen-bond donors (Lipinski definition) is 2. The molecule has 2 aromatic carbocycles. The fourth-order valence-electron chi connectivity index (χ4n) is 4.91. The van der Waals surface area contributed by atoms with Crippen molar-refractivity contribution in [3.05, 3.63) is 70.8 Å². The summed E-state index contributed by atoms with van der Waals surface area (Å²) in [4.78, 5) is 41.2. The molecule has 4 rings (SSSR count). The second-order valence-corrected chi connectivity index (χ2v) is 11.5. The van der Waals surface area contributed by atoms with Crippen LogP contribution in [0.1, 0.15) is 60.7 Å². The minimum atomic E-state index is -1.09. The lowest BCUT2D eigenvalue weighted by atomic mass is 9.89. The Labute approximate surface area is 241 Å². The van der Waals surface area contributed by atoms with E-state index in [1.165, 1.54) is 5.56 Å². The Kier molecular flexibility index (Phi) is 10.0. The molecule has 9 heteroatoms. The molecular formula is C32H39N3O6. The molecule has 0 aromatic heterocycles. The smallest absolute Gasteiger partial charge is 0.410 e. The molecule has 2 heterocycles. The van der Waals surface area contributed by atoms with Crippen molar-refractivity contribution in [2.45, 2.75) is 51.8 Å². The first-order valence-electron chi connectivity index (χ1n) is 14.1. The molecular weight excluding hydrogens is 522 g/mol. The largest absolute Gasteiger partial charge is 0.480 e. The van der Waals surface area contributed by atoms with Gasteiger partial charge in [-0.2, -0.15) is 0 Å². The Morgan fingerprint density at radius 3 is 2.05 bits per heavy atom. The van der Waals surface area contributed by atoms with E-state index in [4.69, 9.17) is 9.47 Å². The minimum absolute atomic E-state index is 0.291. The van der Waals surface area contributed by atoms with Crippen LogP contribution in [0.25, 0.3) is 0 Å². The van der Waals surface area contributed by atoms with Crippen LogP contribution < -0.4 is 5.32 Å². The standard InChI is InChI=1S/C32H39N3O6/c1-32(2,3)41-31(39)35-16-14-26(15-17-35)28(30(37)38)33-29(36)27-12-10-24(11-13-27)5-4-23-6-8-25(9-7-23)22-34-18-20-40-21-19-34/h6-13,26,28H,14-22H2,1-3H3,(H,33,36)(H,37,38)/t28-/m0/s1. The molecule has 0 aliphatic carbocycles. The van der Waals surface area contributed by atoms with Gasteiger partial charge in [-0.25, -0.2) is 9.59 Å². The Balaban J connectivity index is 1.29. The summed E-state index contributed by atoms with van der Waals surface area (Å²) in [5.74, 6) is 4.44. The molecule has 2 fully saturated rings. The number of piperidine rings is 1. The van der Waals surface area contributed by atoms with Gasteiger partial charge in [-0.3, -0.25) is 9.69 Å². The monoisotopic (exact) mass is 561 g/mol. The van der Waals surface area contributed by atoms with Crippen molar-refractivity contribution in [1.29, 1.82) is 0 Å². The van der Waals surface area contributed by atoms with Crippen LogP contribution >= 0.6 is 0 Å². The van der Waals surface area contributed by atoms with Crippen molar-refractivity contribution in [3.8, 4) is 11.8 Å². The van der Waals surface area contributed by atoms with Crippen LogP contribution in [0, 0.1) is 17.8 Å². The number of amides is 2. The van der Waals surface area contributed by atoms with Gasteiger partial charge in [-0.05, 0) is 81.5 Å². The number of carboxylic acids is 1. The fraction of sp³-hybridized carbons (Fsp3) is 0.469. The number of carbonyl (C=O) groups is 3. The van der Waals surface area contributed by atoms with Crippen molar-refractivity contribution in [3.63, 3.8) is 0 Å². The lowest BCUT2D eigenvalue weighted by molar-refractivity contribution is -0.141. The first-order chi connectivity index (χ1) is 19.6. The fourth-order valence-corrected chi connectivity index (χ4v) is 4.91. The maximum Gasteiger partial charge on any atom is 0.410 e. The number of carbonyl (C=O) groups excluding carboxylic acids is 2. The summed E-state index contributed by atoms with van der Waals surface area (Å²) in [5.41, 5.74) is 2.66. The molecule has 0 radical (unpaired) electrons. The average Bonchev–Trinajstić information content (AvgIpc) is 2.95. The second kappa shape index (κ2) is 13.7. The van der Waals surface area contributed by atoms with Gasteiger partial charge in [-0.1, -0.05) is 24.0 Å².